The molecule has 0 spiro atoms. The summed E-state index contributed by atoms with van der Waals surface area (Å²) in [6.07, 6.45) is 5.83. The van der Waals surface area contributed by atoms with E-state index in [2.05, 4.69) is 42.1 Å². The number of rotatable bonds is 4. The Morgan fingerprint density at radius 3 is 2.88 bits per heavy atom. The van der Waals surface area contributed by atoms with Gasteiger partial charge in [-0.1, -0.05) is 18.2 Å². The van der Waals surface area contributed by atoms with Crippen molar-refractivity contribution in [1.82, 2.24) is 9.47 Å². The van der Waals surface area contributed by atoms with Crippen LogP contribution < -0.4 is 0 Å². The van der Waals surface area contributed by atoms with Crippen LogP contribution in [0.25, 0.3) is 5.69 Å². The Hall–Kier alpha value is -2.40. The minimum absolute atomic E-state index is 0.0351. The van der Waals surface area contributed by atoms with Gasteiger partial charge in [-0.25, -0.2) is 0 Å². The van der Waals surface area contributed by atoms with Crippen LogP contribution in [0.4, 0.5) is 0 Å². The third-order valence-electron chi connectivity index (χ3n) is 4.27. The van der Waals surface area contributed by atoms with Gasteiger partial charge in [0.1, 0.15) is 11.1 Å². The fourth-order valence-corrected chi connectivity index (χ4v) is 4.20. The van der Waals surface area contributed by atoms with E-state index in [-0.39, 0.29) is 11.3 Å². The number of hydrogen-bond donors (Lipinski definition) is 0. The monoisotopic (exact) mass is 338 g/mol. The van der Waals surface area contributed by atoms with Crippen LogP contribution in [-0.4, -0.2) is 21.1 Å². The van der Waals surface area contributed by atoms with E-state index in [1.165, 1.54) is 5.56 Å². The molecule has 3 aromatic rings. The van der Waals surface area contributed by atoms with E-state index in [4.69, 9.17) is 4.42 Å². The summed E-state index contributed by atoms with van der Waals surface area (Å²) in [6.45, 7) is 2.62. The van der Waals surface area contributed by atoms with Gasteiger partial charge in [-0.3, -0.25) is 4.79 Å². The highest BCUT2D eigenvalue weighted by atomic mass is 32.2. The lowest BCUT2D eigenvalue weighted by Crippen LogP contribution is -2.27. The number of hydrogen-bond acceptors (Lipinski definition) is 3. The van der Waals surface area contributed by atoms with Gasteiger partial charge in [-0.15, -0.1) is 11.8 Å². The molecule has 1 saturated heterocycles. The molecule has 0 saturated carbocycles. The third-order valence-corrected chi connectivity index (χ3v) is 5.52. The molecule has 3 heterocycles. The maximum atomic E-state index is 12.3. The first-order chi connectivity index (χ1) is 11.7. The lowest BCUT2D eigenvalue weighted by atomic mass is 10.2. The summed E-state index contributed by atoms with van der Waals surface area (Å²) in [4.78, 5) is 14.2. The van der Waals surface area contributed by atoms with Crippen molar-refractivity contribution >= 4 is 17.7 Å². The number of carbonyl (C=O) groups excluding carboxylic acids is 1. The van der Waals surface area contributed by atoms with Crippen LogP contribution in [0.2, 0.25) is 0 Å². The molecule has 4 rings (SSSR count). The average molecular weight is 338 g/mol. The lowest BCUT2D eigenvalue weighted by Gasteiger charge is -2.22. The number of amides is 1. The van der Waals surface area contributed by atoms with Crippen LogP contribution in [0.15, 0.2) is 65.5 Å². The van der Waals surface area contributed by atoms with E-state index in [1.807, 2.05) is 29.2 Å². The summed E-state index contributed by atoms with van der Waals surface area (Å²) >= 11 is 1.67. The van der Waals surface area contributed by atoms with E-state index in [1.54, 1.807) is 18.0 Å². The minimum Gasteiger partial charge on any atom is -0.467 e. The molecule has 0 aliphatic carbocycles. The average Bonchev–Trinajstić information content (AvgIpc) is 3.31. The summed E-state index contributed by atoms with van der Waals surface area (Å²) in [5.74, 6) is 1.49. The van der Waals surface area contributed by atoms with Crippen LogP contribution in [0.1, 0.15) is 22.3 Å². The molecule has 0 bridgehead atoms. The van der Waals surface area contributed by atoms with Crippen molar-refractivity contribution in [3.05, 3.63) is 78.0 Å². The number of furan rings is 1. The molecule has 4 nitrogen and oxygen atoms in total. The Morgan fingerprint density at radius 1 is 1.21 bits per heavy atom. The summed E-state index contributed by atoms with van der Waals surface area (Å²) in [5.41, 5.74) is 3.53. The van der Waals surface area contributed by atoms with Gasteiger partial charge in [0.05, 0.1) is 18.6 Å². The van der Waals surface area contributed by atoms with Gasteiger partial charge in [0.25, 0.3) is 0 Å². The molecular formula is C19H18N2O2S. The highest BCUT2D eigenvalue weighted by Gasteiger charge is 2.33. The molecular weight excluding hydrogens is 320 g/mol. The summed E-state index contributed by atoms with van der Waals surface area (Å²) in [6, 6.07) is 14.1. The minimum atomic E-state index is 0.0351. The highest BCUT2D eigenvalue weighted by molar-refractivity contribution is 8.00. The van der Waals surface area contributed by atoms with Crippen molar-refractivity contribution in [2.75, 3.05) is 5.75 Å². The Bertz CT molecular complexity index is 854. The van der Waals surface area contributed by atoms with Crippen molar-refractivity contribution in [3.8, 4) is 5.69 Å². The van der Waals surface area contributed by atoms with Gasteiger partial charge < -0.3 is 13.9 Å². The zero-order chi connectivity index (χ0) is 16.5. The topological polar surface area (TPSA) is 38.4 Å². The number of para-hydroxylation sites is 1. The van der Waals surface area contributed by atoms with Crippen molar-refractivity contribution < 1.29 is 9.21 Å². The van der Waals surface area contributed by atoms with Gasteiger partial charge in [0, 0.05) is 23.6 Å². The molecule has 122 valence electrons. The zero-order valence-corrected chi connectivity index (χ0v) is 14.2. The Kier molecular flexibility index (Phi) is 3.94. The molecule has 5 heteroatoms. The molecule has 1 aliphatic heterocycles. The van der Waals surface area contributed by atoms with Gasteiger partial charge in [-0.2, -0.15) is 0 Å². The zero-order valence-electron chi connectivity index (χ0n) is 13.4. The van der Waals surface area contributed by atoms with Crippen LogP contribution in [0, 0.1) is 6.92 Å². The van der Waals surface area contributed by atoms with E-state index >= 15 is 0 Å². The summed E-state index contributed by atoms with van der Waals surface area (Å²) in [5, 5.41) is 0.0351. The maximum absolute atomic E-state index is 12.3. The first kappa shape index (κ1) is 15.1. The second kappa shape index (κ2) is 6.24. The van der Waals surface area contributed by atoms with Crippen molar-refractivity contribution in [3.63, 3.8) is 0 Å². The predicted octanol–water partition coefficient (Wildman–Crippen LogP) is 4.15. The summed E-state index contributed by atoms with van der Waals surface area (Å²) < 4.78 is 7.53. The number of thioether (sulfide) groups is 1. The van der Waals surface area contributed by atoms with Crippen molar-refractivity contribution in [1.29, 1.82) is 0 Å². The quantitative estimate of drug-likeness (QED) is 0.717. The molecule has 1 aliphatic rings. The number of benzene rings is 1. The molecule has 1 fully saturated rings. The number of carbonyl (C=O) groups is 1. The molecule has 1 amide bonds. The van der Waals surface area contributed by atoms with E-state index in [9.17, 15) is 4.79 Å². The lowest BCUT2D eigenvalue weighted by molar-refractivity contribution is -0.128. The first-order valence-electron chi connectivity index (χ1n) is 7.90. The number of aryl methyl sites for hydroxylation is 1. The van der Waals surface area contributed by atoms with Crippen molar-refractivity contribution in [2.45, 2.75) is 18.8 Å². The van der Waals surface area contributed by atoms with E-state index < -0.39 is 0 Å². The highest BCUT2D eigenvalue weighted by Crippen LogP contribution is 2.40. The van der Waals surface area contributed by atoms with E-state index in [0.717, 1.165) is 17.0 Å². The second-order valence-electron chi connectivity index (χ2n) is 5.90. The first-order valence-corrected chi connectivity index (χ1v) is 8.94. The Labute approximate surface area is 145 Å². The standard InChI is InChI=1S/C19H18N2O2S/c1-14-5-2-3-7-17(14)20-9-8-15(11-20)19-21(18(22)13-24-19)12-16-6-4-10-23-16/h2-11,19H,12-13H2,1H3/t19-/m1/s1. The van der Waals surface area contributed by atoms with Crippen LogP contribution in [-0.2, 0) is 11.3 Å². The number of aromatic nitrogens is 1. The fraction of sp³-hybridized carbons (Fsp3) is 0.211. The molecule has 2 aromatic heterocycles. The van der Waals surface area contributed by atoms with Gasteiger partial charge in [0.2, 0.25) is 5.91 Å². The Balaban J connectivity index is 1.61. The van der Waals surface area contributed by atoms with Crippen LogP contribution in [0.3, 0.4) is 0 Å². The maximum Gasteiger partial charge on any atom is 0.234 e. The van der Waals surface area contributed by atoms with Crippen LogP contribution in [0.5, 0.6) is 0 Å². The molecule has 0 N–H and O–H groups in total. The third kappa shape index (κ3) is 2.76. The molecule has 1 atom stereocenters. The smallest absolute Gasteiger partial charge is 0.234 e. The summed E-state index contributed by atoms with van der Waals surface area (Å²) in [7, 11) is 0. The molecule has 0 unspecified atom stereocenters. The Morgan fingerprint density at radius 2 is 2.08 bits per heavy atom. The molecule has 24 heavy (non-hydrogen) atoms. The van der Waals surface area contributed by atoms with Gasteiger partial charge >= 0.3 is 0 Å². The van der Waals surface area contributed by atoms with Crippen molar-refractivity contribution in [2.24, 2.45) is 0 Å². The van der Waals surface area contributed by atoms with Crippen LogP contribution >= 0.6 is 11.8 Å². The van der Waals surface area contributed by atoms with E-state index in [0.29, 0.717) is 12.3 Å². The van der Waals surface area contributed by atoms with Gasteiger partial charge in [-0.05, 0) is 36.8 Å². The van der Waals surface area contributed by atoms with Gasteiger partial charge in [0.15, 0.2) is 0 Å². The SMILES string of the molecule is Cc1ccccc1-n1ccc([C@H]2SCC(=O)N2Cc2ccco2)c1. The number of nitrogens with zero attached hydrogens (tertiary/aromatic N) is 2. The second-order valence-corrected chi connectivity index (χ2v) is 6.97. The largest absolute Gasteiger partial charge is 0.467 e. The predicted molar refractivity (Wildman–Crippen MR) is 95.0 cm³/mol. The fourth-order valence-electron chi connectivity index (χ4n) is 3.03. The normalized spacial score (nSPS) is 17.6. The molecule has 1 aromatic carbocycles. The molecule has 0 radical (unpaired) electrons.